The summed E-state index contributed by atoms with van der Waals surface area (Å²) in [6.45, 7) is 6.38. The molecule has 3 rings (SSSR count). The molecular formula is C22H25N3O2. The zero-order valence-electron chi connectivity index (χ0n) is 16.0. The lowest BCUT2D eigenvalue weighted by Crippen LogP contribution is -2.37. The quantitative estimate of drug-likeness (QED) is 0.691. The topological polar surface area (TPSA) is 56.1 Å². The Morgan fingerprint density at radius 2 is 1.96 bits per heavy atom. The molecule has 3 aromatic rings. The van der Waals surface area contributed by atoms with Crippen LogP contribution in [0.5, 0.6) is 5.75 Å². The van der Waals surface area contributed by atoms with E-state index in [9.17, 15) is 4.79 Å². The monoisotopic (exact) mass is 363 g/mol. The molecule has 0 aliphatic carbocycles. The number of benzene rings is 2. The summed E-state index contributed by atoms with van der Waals surface area (Å²) >= 11 is 0. The van der Waals surface area contributed by atoms with Gasteiger partial charge in [-0.15, -0.1) is 0 Å². The minimum absolute atomic E-state index is 0.103. The van der Waals surface area contributed by atoms with E-state index in [2.05, 4.69) is 10.3 Å². The molecule has 1 N–H and O–H groups in total. The molecule has 27 heavy (non-hydrogen) atoms. The second-order valence-corrected chi connectivity index (χ2v) is 6.56. The van der Waals surface area contributed by atoms with E-state index in [0.29, 0.717) is 13.0 Å². The van der Waals surface area contributed by atoms with Crippen LogP contribution in [0.15, 0.2) is 60.9 Å². The summed E-state index contributed by atoms with van der Waals surface area (Å²) in [6.07, 6.45) is 3.82. The van der Waals surface area contributed by atoms with E-state index in [-0.39, 0.29) is 5.91 Å². The van der Waals surface area contributed by atoms with Crippen molar-refractivity contribution in [1.82, 2.24) is 14.9 Å². The van der Waals surface area contributed by atoms with Crippen LogP contribution in [0.4, 0.5) is 0 Å². The number of hydrogen-bond acceptors (Lipinski definition) is 3. The van der Waals surface area contributed by atoms with Gasteiger partial charge in [-0.1, -0.05) is 31.2 Å². The lowest BCUT2D eigenvalue weighted by molar-refractivity contribution is -0.128. The number of rotatable bonds is 7. The van der Waals surface area contributed by atoms with Crippen LogP contribution in [0.3, 0.4) is 0 Å². The molecule has 0 saturated heterocycles. The molecule has 0 unspecified atom stereocenters. The number of aromatic nitrogens is 2. The molecule has 0 fully saturated rings. The lowest BCUT2D eigenvalue weighted by Gasteiger charge is -2.17. The number of carbonyl (C=O) groups excluding carboxylic acids is 1. The number of ether oxygens (including phenoxy) is 1. The molecule has 0 aliphatic rings. The second kappa shape index (κ2) is 8.54. The van der Waals surface area contributed by atoms with E-state index < -0.39 is 6.10 Å². The van der Waals surface area contributed by atoms with Gasteiger partial charge in [-0.2, -0.15) is 0 Å². The Bertz CT molecular complexity index is 900. The van der Waals surface area contributed by atoms with Gasteiger partial charge in [0, 0.05) is 24.6 Å². The van der Waals surface area contributed by atoms with Crippen LogP contribution < -0.4 is 10.1 Å². The summed E-state index contributed by atoms with van der Waals surface area (Å²) in [7, 11) is 0. The molecule has 0 bridgehead atoms. The van der Waals surface area contributed by atoms with Crippen LogP contribution in [0.25, 0.3) is 5.69 Å². The first-order valence-electron chi connectivity index (χ1n) is 9.17. The molecule has 0 saturated carbocycles. The van der Waals surface area contributed by atoms with Gasteiger partial charge in [-0.25, -0.2) is 4.98 Å². The highest BCUT2D eigenvalue weighted by Crippen LogP contribution is 2.16. The van der Waals surface area contributed by atoms with Gasteiger partial charge >= 0.3 is 0 Å². The highest BCUT2D eigenvalue weighted by atomic mass is 16.5. The van der Waals surface area contributed by atoms with Crippen LogP contribution in [0, 0.1) is 13.8 Å². The number of imidazole rings is 1. The van der Waals surface area contributed by atoms with E-state index in [1.165, 1.54) is 0 Å². The van der Waals surface area contributed by atoms with Gasteiger partial charge in [-0.05, 0) is 55.7 Å². The van der Waals surface area contributed by atoms with Crippen LogP contribution in [-0.2, 0) is 11.3 Å². The number of amides is 1. The summed E-state index contributed by atoms with van der Waals surface area (Å²) in [4.78, 5) is 16.7. The largest absolute Gasteiger partial charge is 0.481 e. The Balaban J connectivity index is 1.58. The molecule has 1 heterocycles. The predicted molar refractivity (Wildman–Crippen MR) is 106 cm³/mol. The molecule has 5 heteroatoms. The molecule has 5 nitrogen and oxygen atoms in total. The molecule has 1 amide bonds. The zero-order chi connectivity index (χ0) is 19.2. The molecule has 1 aromatic heterocycles. The number of nitrogens with one attached hydrogen (secondary N) is 1. The highest BCUT2D eigenvalue weighted by Gasteiger charge is 2.18. The lowest BCUT2D eigenvalue weighted by atomic mass is 10.2. The fraction of sp³-hybridized carbons (Fsp3) is 0.273. The van der Waals surface area contributed by atoms with E-state index >= 15 is 0 Å². The summed E-state index contributed by atoms with van der Waals surface area (Å²) in [5.41, 5.74) is 3.19. The highest BCUT2D eigenvalue weighted by molar-refractivity contribution is 5.81. The van der Waals surface area contributed by atoms with Crippen LogP contribution in [-0.4, -0.2) is 21.6 Å². The Morgan fingerprint density at radius 1 is 1.19 bits per heavy atom. The SMILES string of the molecule is CC[C@@H](Oc1cccc(C)c1)C(=O)NCc1ccc(-n2ccnc2C)cc1. The Labute approximate surface area is 160 Å². The predicted octanol–water partition coefficient (Wildman–Crippen LogP) is 3.96. The van der Waals surface area contributed by atoms with Gasteiger partial charge in [0.15, 0.2) is 6.10 Å². The standard InChI is InChI=1S/C22H25N3O2/c1-4-21(27-20-7-5-6-16(2)14-20)22(26)24-15-18-8-10-19(11-9-18)25-13-12-23-17(25)3/h5-14,21H,4,15H2,1-3H3,(H,24,26)/t21-/m1/s1. The van der Waals surface area contributed by atoms with Gasteiger partial charge in [0.2, 0.25) is 0 Å². The molecule has 0 aliphatic heterocycles. The van der Waals surface area contributed by atoms with Crippen molar-refractivity contribution in [3.8, 4) is 11.4 Å². The van der Waals surface area contributed by atoms with Gasteiger partial charge < -0.3 is 14.6 Å². The number of nitrogens with zero attached hydrogens (tertiary/aromatic N) is 2. The third kappa shape index (κ3) is 4.76. The number of hydrogen-bond donors (Lipinski definition) is 1. The van der Waals surface area contributed by atoms with Crippen LogP contribution >= 0.6 is 0 Å². The van der Waals surface area contributed by atoms with Crippen molar-refractivity contribution in [3.05, 3.63) is 77.9 Å². The molecular weight excluding hydrogens is 338 g/mol. The average Bonchev–Trinajstić information content (AvgIpc) is 3.10. The van der Waals surface area contributed by atoms with Gasteiger partial charge in [0.05, 0.1) is 0 Å². The van der Waals surface area contributed by atoms with Crippen LogP contribution in [0.2, 0.25) is 0 Å². The normalized spacial score (nSPS) is 11.8. The summed E-state index contributed by atoms with van der Waals surface area (Å²) in [5, 5.41) is 2.97. The van der Waals surface area contributed by atoms with Gasteiger partial charge in [0.1, 0.15) is 11.6 Å². The maximum Gasteiger partial charge on any atom is 0.261 e. The third-order valence-corrected chi connectivity index (χ3v) is 4.44. The second-order valence-electron chi connectivity index (χ2n) is 6.56. The first-order chi connectivity index (χ1) is 13.1. The van der Waals surface area contributed by atoms with Crippen molar-refractivity contribution >= 4 is 5.91 Å². The molecule has 2 aromatic carbocycles. The summed E-state index contributed by atoms with van der Waals surface area (Å²) in [5.74, 6) is 1.56. The van der Waals surface area contributed by atoms with Crippen molar-refractivity contribution in [2.45, 2.75) is 39.8 Å². The minimum atomic E-state index is -0.500. The fourth-order valence-corrected chi connectivity index (χ4v) is 2.90. The van der Waals surface area contributed by atoms with Crippen molar-refractivity contribution in [3.63, 3.8) is 0 Å². The Kier molecular flexibility index (Phi) is 5.91. The fourth-order valence-electron chi connectivity index (χ4n) is 2.90. The van der Waals surface area contributed by atoms with Gasteiger partial charge in [-0.3, -0.25) is 4.79 Å². The van der Waals surface area contributed by atoms with Crippen molar-refractivity contribution in [2.75, 3.05) is 0 Å². The molecule has 0 spiro atoms. The maximum absolute atomic E-state index is 12.5. The summed E-state index contributed by atoms with van der Waals surface area (Å²) < 4.78 is 7.87. The molecule has 140 valence electrons. The molecule has 1 atom stereocenters. The minimum Gasteiger partial charge on any atom is -0.481 e. The summed E-state index contributed by atoms with van der Waals surface area (Å²) in [6, 6.07) is 15.8. The van der Waals surface area contributed by atoms with Crippen molar-refractivity contribution in [2.24, 2.45) is 0 Å². The Hall–Kier alpha value is -3.08. The zero-order valence-corrected chi connectivity index (χ0v) is 16.0. The van der Waals surface area contributed by atoms with Crippen molar-refractivity contribution < 1.29 is 9.53 Å². The van der Waals surface area contributed by atoms with E-state index in [4.69, 9.17) is 4.74 Å². The van der Waals surface area contributed by atoms with Crippen LogP contribution in [0.1, 0.15) is 30.3 Å². The smallest absolute Gasteiger partial charge is 0.261 e. The van der Waals surface area contributed by atoms with E-state index in [1.807, 2.05) is 80.1 Å². The van der Waals surface area contributed by atoms with E-state index in [1.54, 1.807) is 6.20 Å². The Morgan fingerprint density at radius 3 is 2.59 bits per heavy atom. The number of aryl methyl sites for hydroxylation is 2. The number of carbonyl (C=O) groups is 1. The van der Waals surface area contributed by atoms with E-state index in [0.717, 1.165) is 28.4 Å². The third-order valence-electron chi connectivity index (χ3n) is 4.44. The maximum atomic E-state index is 12.5. The van der Waals surface area contributed by atoms with Crippen molar-refractivity contribution in [1.29, 1.82) is 0 Å². The first kappa shape index (κ1) is 18.7. The average molecular weight is 363 g/mol. The molecule has 0 radical (unpaired) electrons. The first-order valence-corrected chi connectivity index (χ1v) is 9.17. The van der Waals surface area contributed by atoms with Gasteiger partial charge in [0.25, 0.3) is 5.91 Å².